The fraction of sp³-hybridized carbons (Fsp3) is 0.105. The summed E-state index contributed by atoms with van der Waals surface area (Å²) in [7, 11) is 1.60. The van der Waals surface area contributed by atoms with Crippen molar-refractivity contribution in [2.45, 2.75) is 0 Å². The van der Waals surface area contributed by atoms with Crippen LogP contribution in [0.2, 0.25) is 5.02 Å². The van der Waals surface area contributed by atoms with Crippen molar-refractivity contribution in [2.75, 3.05) is 18.7 Å². The van der Waals surface area contributed by atoms with Gasteiger partial charge in [-0.2, -0.15) is 5.10 Å². The summed E-state index contributed by atoms with van der Waals surface area (Å²) in [5.41, 5.74) is 1.59. The number of benzene rings is 2. The van der Waals surface area contributed by atoms with Crippen molar-refractivity contribution >= 4 is 40.5 Å². The zero-order valence-electron chi connectivity index (χ0n) is 14.7. The number of anilines is 1. The maximum absolute atomic E-state index is 13.2. The van der Waals surface area contributed by atoms with Crippen LogP contribution < -0.4 is 10.1 Å². The van der Waals surface area contributed by atoms with Crippen molar-refractivity contribution in [3.05, 3.63) is 76.8 Å². The van der Waals surface area contributed by atoms with Crippen molar-refractivity contribution in [3.8, 4) is 5.75 Å². The first-order chi connectivity index (χ1) is 13.1. The van der Waals surface area contributed by atoms with Crippen molar-refractivity contribution in [2.24, 2.45) is 0 Å². The number of carbonyl (C=O) groups excluding carboxylic acids is 1. The third-order valence-electron chi connectivity index (χ3n) is 3.74. The molecule has 0 saturated carbocycles. The minimum Gasteiger partial charge on any atom is -0.495 e. The highest BCUT2D eigenvalue weighted by Crippen LogP contribution is 2.30. The van der Waals surface area contributed by atoms with Gasteiger partial charge in [-0.05, 0) is 42.7 Å². The van der Waals surface area contributed by atoms with E-state index in [0.29, 0.717) is 27.1 Å². The number of para-hydroxylation sites is 2. The first-order valence-electron chi connectivity index (χ1n) is 7.97. The fourth-order valence-corrected chi connectivity index (χ4v) is 3.17. The maximum Gasteiger partial charge on any atom is 0.214 e. The number of methoxy groups -OCH3 is 1. The summed E-state index contributed by atoms with van der Waals surface area (Å²) >= 11 is 7.34. The third kappa shape index (κ3) is 4.32. The molecule has 0 radical (unpaired) electrons. The quantitative estimate of drug-likeness (QED) is 0.467. The fourth-order valence-electron chi connectivity index (χ4n) is 2.45. The second-order valence-electron chi connectivity index (χ2n) is 5.38. The van der Waals surface area contributed by atoms with Gasteiger partial charge in [-0.3, -0.25) is 4.79 Å². The SMILES string of the molecule is COc1ccccc1N/C(SC)=C(\C(=O)c1ccc(Cl)cc1)n1cncn1. The van der Waals surface area contributed by atoms with Gasteiger partial charge < -0.3 is 10.1 Å². The van der Waals surface area contributed by atoms with Gasteiger partial charge in [0.05, 0.1) is 12.8 Å². The Morgan fingerprint density at radius 3 is 2.56 bits per heavy atom. The Morgan fingerprint density at radius 2 is 1.93 bits per heavy atom. The molecule has 0 fully saturated rings. The topological polar surface area (TPSA) is 69.0 Å². The Labute approximate surface area is 166 Å². The molecule has 0 bridgehead atoms. The van der Waals surface area contributed by atoms with Crippen LogP contribution >= 0.6 is 23.4 Å². The average molecular weight is 401 g/mol. The number of thioether (sulfide) groups is 1. The van der Waals surface area contributed by atoms with E-state index in [1.165, 1.54) is 29.1 Å². The van der Waals surface area contributed by atoms with Gasteiger partial charge in [0.25, 0.3) is 0 Å². The number of nitrogens with zero attached hydrogens (tertiary/aromatic N) is 3. The predicted molar refractivity (Wildman–Crippen MR) is 109 cm³/mol. The van der Waals surface area contributed by atoms with Crippen LogP contribution in [0.3, 0.4) is 0 Å². The Morgan fingerprint density at radius 1 is 1.19 bits per heavy atom. The molecule has 8 heteroatoms. The molecule has 1 aromatic heterocycles. The number of Topliss-reactive ketones (excluding diaryl/α,β-unsaturated/α-hetero) is 1. The number of hydrogen-bond donors (Lipinski definition) is 1. The lowest BCUT2D eigenvalue weighted by atomic mass is 10.1. The van der Waals surface area contributed by atoms with Gasteiger partial charge >= 0.3 is 0 Å². The molecule has 1 N–H and O–H groups in total. The molecule has 1 heterocycles. The molecule has 0 saturated heterocycles. The van der Waals surface area contributed by atoms with Gasteiger partial charge in [-0.1, -0.05) is 23.7 Å². The number of nitrogens with one attached hydrogen (secondary N) is 1. The lowest BCUT2D eigenvalue weighted by molar-refractivity contribution is 0.104. The molecule has 3 rings (SSSR count). The normalized spacial score (nSPS) is 11.7. The van der Waals surface area contributed by atoms with Gasteiger partial charge in [0.1, 0.15) is 29.1 Å². The van der Waals surface area contributed by atoms with Gasteiger partial charge in [0.2, 0.25) is 5.78 Å². The van der Waals surface area contributed by atoms with Crippen LogP contribution in [0.15, 0.2) is 66.2 Å². The van der Waals surface area contributed by atoms with E-state index in [9.17, 15) is 4.79 Å². The van der Waals surface area contributed by atoms with Crippen LogP contribution in [0.25, 0.3) is 5.70 Å². The molecule has 0 aliphatic heterocycles. The van der Waals surface area contributed by atoms with Gasteiger partial charge in [0.15, 0.2) is 0 Å². The van der Waals surface area contributed by atoms with Crippen molar-refractivity contribution < 1.29 is 9.53 Å². The number of rotatable bonds is 7. The van der Waals surface area contributed by atoms with E-state index in [-0.39, 0.29) is 5.78 Å². The number of hydrogen-bond acceptors (Lipinski definition) is 6. The van der Waals surface area contributed by atoms with Crippen molar-refractivity contribution in [1.29, 1.82) is 0 Å². The second-order valence-corrected chi connectivity index (χ2v) is 6.64. The summed E-state index contributed by atoms with van der Waals surface area (Å²) in [5.74, 6) is 0.463. The molecule has 0 aliphatic carbocycles. The summed E-state index contributed by atoms with van der Waals surface area (Å²) in [6.45, 7) is 0. The number of aromatic nitrogens is 3. The average Bonchev–Trinajstić information content (AvgIpc) is 3.22. The van der Waals surface area contributed by atoms with Crippen LogP contribution in [0.1, 0.15) is 10.4 Å². The molecule has 0 spiro atoms. The standard InChI is InChI=1S/C19H17ClN4O2S/c1-26-16-6-4-3-5-15(16)23-19(27-2)17(24-12-21-11-22-24)18(25)13-7-9-14(20)10-8-13/h3-12,23H,1-2H3/b19-17-. The second kappa shape index (κ2) is 8.75. The Bertz CT molecular complexity index is 956. The molecule has 6 nitrogen and oxygen atoms in total. The monoisotopic (exact) mass is 400 g/mol. The summed E-state index contributed by atoms with van der Waals surface area (Å²) in [6, 6.07) is 14.2. The summed E-state index contributed by atoms with van der Waals surface area (Å²) < 4.78 is 6.84. The van der Waals surface area contributed by atoms with E-state index in [4.69, 9.17) is 16.3 Å². The first kappa shape index (κ1) is 19.0. The highest BCUT2D eigenvalue weighted by molar-refractivity contribution is 8.02. The van der Waals surface area contributed by atoms with Gasteiger partial charge in [-0.15, -0.1) is 11.8 Å². The molecule has 3 aromatic rings. The third-order valence-corrected chi connectivity index (χ3v) is 4.70. The van der Waals surface area contributed by atoms with Crippen LogP contribution in [0.5, 0.6) is 5.75 Å². The van der Waals surface area contributed by atoms with Crippen LogP contribution in [0.4, 0.5) is 5.69 Å². The minimum absolute atomic E-state index is 0.205. The van der Waals surface area contributed by atoms with Crippen LogP contribution in [0, 0.1) is 0 Å². The number of ether oxygens (including phenoxy) is 1. The molecule has 0 atom stereocenters. The molecule has 0 amide bonds. The van der Waals surface area contributed by atoms with Crippen LogP contribution in [-0.4, -0.2) is 33.9 Å². The molecule has 0 unspecified atom stereocenters. The molecule has 27 heavy (non-hydrogen) atoms. The molecule has 2 aromatic carbocycles. The highest BCUT2D eigenvalue weighted by Gasteiger charge is 2.21. The Hall–Kier alpha value is -2.77. The van der Waals surface area contributed by atoms with Crippen molar-refractivity contribution in [3.63, 3.8) is 0 Å². The highest BCUT2D eigenvalue weighted by atomic mass is 35.5. The number of carbonyl (C=O) groups is 1. The molecule has 138 valence electrons. The van der Waals surface area contributed by atoms with E-state index < -0.39 is 0 Å². The molecular formula is C19H17ClN4O2S. The number of allylic oxidation sites excluding steroid dienone is 1. The summed E-state index contributed by atoms with van der Waals surface area (Å²) in [4.78, 5) is 17.2. The maximum atomic E-state index is 13.2. The lowest BCUT2D eigenvalue weighted by Crippen LogP contribution is -2.15. The van der Waals surface area contributed by atoms with E-state index >= 15 is 0 Å². The number of halogens is 1. The van der Waals surface area contributed by atoms with E-state index in [0.717, 1.165) is 5.69 Å². The zero-order chi connectivity index (χ0) is 19.2. The molecule has 0 aliphatic rings. The van der Waals surface area contributed by atoms with E-state index in [2.05, 4.69) is 15.4 Å². The van der Waals surface area contributed by atoms with Gasteiger partial charge in [0, 0.05) is 10.6 Å². The predicted octanol–water partition coefficient (Wildman–Crippen LogP) is 4.42. The smallest absolute Gasteiger partial charge is 0.214 e. The summed E-state index contributed by atoms with van der Waals surface area (Å²) in [5, 5.41) is 8.61. The van der Waals surface area contributed by atoms with Crippen molar-refractivity contribution in [1.82, 2.24) is 14.8 Å². The lowest BCUT2D eigenvalue weighted by Gasteiger charge is -2.16. The van der Waals surface area contributed by atoms with Gasteiger partial charge in [-0.25, -0.2) is 9.67 Å². The van der Waals surface area contributed by atoms with E-state index in [1.807, 2.05) is 30.5 Å². The first-order valence-corrected chi connectivity index (χ1v) is 9.58. The summed E-state index contributed by atoms with van der Waals surface area (Å²) in [6.07, 6.45) is 4.75. The van der Waals surface area contributed by atoms with Crippen LogP contribution in [-0.2, 0) is 0 Å². The number of ketones is 1. The Balaban J connectivity index is 2.09. The molecular weight excluding hydrogens is 384 g/mol. The minimum atomic E-state index is -0.205. The van der Waals surface area contributed by atoms with E-state index in [1.54, 1.807) is 31.4 Å². The Kier molecular flexibility index (Phi) is 6.16. The largest absolute Gasteiger partial charge is 0.495 e. The zero-order valence-corrected chi connectivity index (χ0v) is 16.3.